The smallest absolute Gasteiger partial charge is 0.151 e. The van der Waals surface area contributed by atoms with E-state index in [2.05, 4.69) is 32.3 Å². The summed E-state index contributed by atoms with van der Waals surface area (Å²) in [7, 11) is 0. The van der Waals surface area contributed by atoms with Gasteiger partial charge >= 0.3 is 0 Å². The van der Waals surface area contributed by atoms with Gasteiger partial charge in [0.2, 0.25) is 0 Å². The molecule has 0 atom stereocenters. The Morgan fingerprint density at radius 3 is 2.89 bits per heavy atom. The molecule has 3 heterocycles. The van der Waals surface area contributed by atoms with Crippen LogP contribution in [0, 0.1) is 0 Å². The fourth-order valence-electron chi connectivity index (χ4n) is 2.38. The summed E-state index contributed by atoms with van der Waals surface area (Å²) in [5, 5.41) is 3.46. The molecular weight excluding hydrogens is 224 g/mol. The predicted octanol–water partition coefficient (Wildman–Crippen LogP) is 2.62. The molecule has 0 unspecified atom stereocenters. The number of hydrogen-bond acceptors (Lipinski definition) is 3. The van der Waals surface area contributed by atoms with Crippen molar-refractivity contribution in [3.05, 3.63) is 42.4 Å². The number of aromatic nitrogens is 2. The fraction of sp³-hybridized carbons (Fsp3) is 0.357. The van der Waals surface area contributed by atoms with Gasteiger partial charge in [-0.15, -0.1) is 0 Å². The van der Waals surface area contributed by atoms with E-state index in [0.717, 1.165) is 31.1 Å². The van der Waals surface area contributed by atoms with Gasteiger partial charge in [-0.25, -0.2) is 4.98 Å². The first-order valence-corrected chi connectivity index (χ1v) is 6.49. The molecule has 2 aromatic rings. The van der Waals surface area contributed by atoms with E-state index in [1.165, 1.54) is 18.5 Å². The van der Waals surface area contributed by atoms with E-state index in [1.54, 1.807) is 0 Å². The number of nitrogens with zero attached hydrogens (tertiary/aromatic N) is 2. The first kappa shape index (κ1) is 11.1. The summed E-state index contributed by atoms with van der Waals surface area (Å²) in [5.41, 5.74) is 2.31. The zero-order chi connectivity index (χ0) is 12.2. The van der Waals surface area contributed by atoms with Crippen LogP contribution in [0.1, 0.15) is 18.5 Å². The monoisotopic (exact) mass is 242 g/mol. The summed E-state index contributed by atoms with van der Waals surface area (Å²) in [6, 6.07) is 8.18. The highest BCUT2D eigenvalue weighted by molar-refractivity contribution is 5.65. The predicted molar refractivity (Wildman–Crippen MR) is 73.8 cm³/mol. The molecular formula is C14H18N4. The molecule has 94 valence electrons. The van der Waals surface area contributed by atoms with Gasteiger partial charge < -0.3 is 15.2 Å². The molecule has 2 aromatic heterocycles. The number of anilines is 2. The highest BCUT2D eigenvalue weighted by Gasteiger charge is 2.16. The molecule has 1 fully saturated rings. The molecule has 3 rings (SSSR count). The number of hydrogen-bond donors (Lipinski definition) is 2. The van der Waals surface area contributed by atoms with Gasteiger partial charge in [0.25, 0.3) is 0 Å². The van der Waals surface area contributed by atoms with Gasteiger partial charge in [0.15, 0.2) is 5.82 Å². The number of H-pyrrole nitrogens is 1. The number of aromatic amines is 1. The molecule has 18 heavy (non-hydrogen) atoms. The standard InChI is InChI=1S/C14H18N4/c1-2-10-18(9-1)14-13(6-4-8-16-14)17-11-12-5-3-7-15-12/h3-8,15,17H,1-2,9-11H2. The first-order valence-electron chi connectivity index (χ1n) is 6.49. The van der Waals surface area contributed by atoms with Gasteiger partial charge in [-0.1, -0.05) is 0 Å². The molecule has 0 amide bonds. The van der Waals surface area contributed by atoms with Crippen molar-refractivity contribution in [1.82, 2.24) is 9.97 Å². The lowest BCUT2D eigenvalue weighted by Gasteiger charge is -2.20. The van der Waals surface area contributed by atoms with Crippen LogP contribution < -0.4 is 10.2 Å². The lowest BCUT2D eigenvalue weighted by Crippen LogP contribution is -2.20. The molecule has 4 nitrogen and oxygen atoms in total. The van der Waals surface area contributed by atoms with Crippen LogP contribution >= 0.6 is 0 Å². The Kier molecular flexibility index (Phi) is 3.17. The van der Waals surface area contributed by atoms with Crippen LogP contribution in [-0.4, -0.2) is 23.1 Å². The van der Waals surface area contributed by atoms with Crippen molar-refractivity contribution < 1.29 is 0 Å². The summed E-state index contributed by atoms with van der Waals surface area (Å²) >= 11 is 0. The lowest BCUT2D eigenvalue weighted by atomic mass is 10.3. The van der Waals surface area contributed by atoms with E-state index >= 15 is 0 Å². The summed E-state index contributed by atoms with van der Waals surface area (Å²) in [6.45, 7) is 3.04. The highest BCUT2D eigenvalue weighted by Crippen LogP contribution is 2.26. The van der Waals surface area contributed by atoms with Crippen molar-refractivity contribution in [3.8, 4) is 0 Å². The maximum atomic E-state index is 4.51. The Hall–Kier alpha value is -1.97. The fourth-order valence-corrected chi connectivity index (χ4v) is 2.38. The Labute approximate surface area is 107 Å². The topological polar surface area (TPSA) is 44.0 Å². The first-order chi connectivity index (χ1) is 8.93. The molecule has 0 aromatic carbocycles. The van der Waals surface area contributed by atoms with Crippen molar-refractivity contribution in [1.29, 1.82) is 0 Å². The van der Waals surface area contributed by atoms with Crippen molar-refractivity contribution >= 4 is 11.5 Å². The second kappa shape index (κ2) is 5.12. The minimum absolute atomic E-state index is 0.805. The third-order valence-electron chi connectivity index (χ3n) is 3.32. The van der Waals surface area contributed by atoms with Gasteiger partial charge in [-0.3, -0.25) is 0 Å². The van der Waals surface area contributed by atoms with Gasteiger partial charge in [-0.2, -0.15) is 0 Å². The number of nitrogens with one attached hydrogen (secondary N) is 2. The van der Waals surface area contributed by atoms with Gasteiger partial charge in [0.05, 0.1) is 12.2 Å². The van der Waals surface area contributed by atoms with E-state index < -0.39 is 0 Å². The molecule has 1 aliphatic heterocycles. The Bertz CT molecular complexity index is 486. The zero-order valence-electron chi connectivity index (χ0n) is 10.4. The maximum absolute atomic E-state index is 4.51. The van der Waals surface area contributed by atoms with Crippen molar-refractivity contribution in [3.63, 3.8) is 0 Å². The second-order valence-electron chi connectivity index (χ2n) is 4.62. The van der Waals surface area contributed by atoms with Gasteiger partial charge in [0.1, 0.15) is 0 Å². The Balaban J connectivity index is 1.74. The Morgan fingerprint density at radius 2 is 2.11 bits per heavy atom. The zero-order valence-corrected chi connectivity index (χ0v) is 10.4. The van der Waals surface area contributed by atoms with E-state index in [1.807, 2.05) is 24.5 Å². The van der Waals surface area contributed by atoms with Crippen LogP contribution in [0.15, 0.2) is 36.7 Å². The number of pyridine rings is 1. The average molecular weight is 242 g/mol. The molecule has 1 saturated heterocycles. The lowest BCUT2D eigenvalue weighted by molar-refractivity contribution is 0.933. The highest BCUT2D eigenvalue weighted by atomic mass is 15.2. The quantitative estimate of drug-likeness (QED) is 0.866. The van der Waals surface area contributed by atoms with E-state index in [4.69, 9.17) is 0 Å². The average Bonchev–Trinajstić information content (AvgIpc) is 3.10. The van der Waals surface area contributed by atoms with Crippen LogP contribution in [-0.2, 0) is 6.54 Å². The maximum Gasteiger partial charge on any atom is 0.151 e. The van der Waals surface area contributed by atoms with Crippen LogP contribution in [0.25, 0.3) is 0 Å². The van der Waals surface area contributed by atoms with Gasteiger partial charge in [-0.05, 0) is 37.1 Å². The third-order valence-corrected chi connectivity index (χ3v) is 3.32. The summed E-state index contributed by atoms with van der Waals surface area (Å²) < 4.78 is 0. The minimum Gasteiger partial charge on any atom is -0.376 e. The van der Waals surface area contributed by atoms with Crippen molar-refractivity contribution in [2.75, 3.05) is 23.3 Å². The van der Waals surface area contributed by atoms with Crippen LogP contribution in [0.5, 0.6) is 0 Å². The van der Waals surface area contributed by atoms with Gasteiger partial charge in [0, 0.05) is 31.2 Å². The molecule has 2 N–H and O–H groups in total. The SMILES string of the molecule is c1c[nH]c(CNc2cccnc2N2CCCC2)c1. The summed E-state index contributed by atoms with van der Waals surface area (Å²) in [4.78, 5) is 10.1. The van der Waals surface area contributed by atoms with Crippen molar-refractivity contribution in [2.45, 2.75) is 19.4 Å². The third kappa shape index (κ3) is 2.32. The number of rotatable bonds is 4. The van der Waals surface area contributed by atoms with Crippen LogP contribution in [0.4, 0.5) is 11.5 Å². The minimum atomic E-state index is 0.805. The van der Waals surface area contributed by atoms with Crippen molar-refractivity contribution in [2.24, 2.45) is 0 Å². The van der Waals surface area contributed by atoms with Crippen LogP contribution in [0.3, 0.4) is 0 Å². The molecule has 0 spiro atoms. The second-order valence-corrected chi connectivity index (χ2v) is 4.62. The Morgan fingerprint density at radius 1 is 1.22 bits per heavy atom. The molecule has 4 heteroatoms. The molecule has 0 bridgehead atoms. The summed E-state index contributed by atoms with van der Waals surface area (Å²) in [6.07, 6.45) is 6.36. The molecule has 0 saturated carbocycles. The van der Waals surface area contributed by atoms with E-state index in [-0.39, 0.29) is 0 Å². The van der Waals surface area contributed by atoms with E-state index in [0.29, 0.717) is 0 Å². The summed E-state index contributed by atoms with van der Waals surface area (Å²) in [5.74, 6) is 1.08. The normalized spacial score (nSPS) is 15.0. The van der Waals surface area contributed by atoms with E-state index in [9.17, 15) is 0 Å². The molecule has 0 aliphatic carbocycles. The molecule has 1 aliphatic rings. The van der Waals surface area contributed by atoms with Crippen LogP contribution in [0.2, 0.25) is 0 Å². The molecule has 0 radical (unpaired) electrons. The largest absolute Gasteiger partial charge is 0.376 e.